The van der Waals surface area contributed by atoms with Gasteiger partial charge in [0.2, 0.25) is 0 Å². The smallest absolute Gasteiger partial charge is 0.263 e. The third kappa shape index (κ3) is 2.76. The number of carbonyl (C=O) groups excluding carboxylic acids is 1. The van der Waals surface area contributed by atoms with Crippen LogP contribution in [0, 0.1) is 13.8 Å². The molecule has 5 nitrogen and oxygen atoms in total. The van der Waals surface area contributed by atoms with Crippen molar-refractivity contribution >= 4 is 34.4 Å². The highest BCUT2D eigenvalue weighted by molar-refractivity contribution is 7.99. The van der Waals surface area contributed by atoms with Gasteiger partial charge in [0, 0.05) is 5.75 Å². The summed E-state index contributed by atoms with van der Waals surface area (Å²) in [4.78, 5) is 17.7. The quantitative estimate of drug-likeness (QED) is 0.615. The molecule has 1 aromatic heterocycles. The van der Waals surface area contributed by atoms with Gasteiger partial charge in [-0.2, -0.15) is 10.2 Å². The molecular formula is C19H18N4OS. The first-order valence-corrected chi connectivity index (χ1v) is 9.11. The van der Waals surface area contributed by atoms with Gasteiger partial charge in [-0.15, -0.1) is 0 Å². The lowest BCUT2D eigenvalue weighted by Crippen LogP contribution is -2.42. The second-order valence-electron chi connectivity index (χ2n) is 6.63. The molecule has 25 heavy (non-hydrogen) atoms. The maximum atomic E-state index is 13.1. The fourth-order valence-corrected chi connectivity index (χ4v) is 4.12. The van der Waals surface area contributed by atoms with Crippen LogP contribution in [0.4, 0.5) is 5.69 Å². The fourth-order valence-electron chi connectivity index (χ4n) is 3.05. The molecule has 0 N–H and O–H groups in total. The standard InChI is InChI=1S/C19H18N4OS/c1-12-8-13(2)10-14(9-12)21-22-19(3)11-25-18-20-15-6-4-5-7-16(15)23(18)17(19)24/h4-10H,11H2,1-3H3. The number of thioether (sulfide) groups is 1. The number of azo groups is 1. The topological polar surface area (TPSA) is 59.6 Å². The Morgan fingerprint density at radius 1 is 1.16 bits per heavy atom. The summed E-state index contributed by atoms with van der Waals surface area (Å²) < 4.78 is 1.67. The minimum Gasteiger partial charge on any atom is -0.271 e. The molecule has 1 aliphatic heterocycles. The molecular weight excluding hydrogens is 332 g/mol. The molecule has 0 spiro atoms. The number of hydrogen-bond acceptors (Lipinski definition) is 5. The van der Waals surface area contributed by atoms with Crippen LogP contribution < -0.4 is 0 Å². The third-order valence-corrected chi connectivity index (χ3v) is 5.51. The van der Waals surface area contributed by atoms with Crippen LogP contribution in [0.2, 0.25) is 0 Å². The van der Waals surface area contributed by atoms with Crippen molar-refractivity contribution < 1.29 is 4.79 Å². The molecule has 126 valence electrons. The van der Waals surface area contributed by atoms with Crippen molar-refractivity contribution in [3.05, 3.63) is 53.6 Å². The van der Waals surface area contributed by atoms with Crippen molar-refractivity contribution in [3.8, 4) is 0 Å². The summed E-state index contributed by atoms with van der Waals surface area (Å²) in [5.41, 5.74) is 3.78. The van der Waals surface area contributed by atoms with Gasteiger partial charge >= 0.3 is 0 Å². The van der Waals surface area contributed by atoms with Crippen molar-refractivity contribution in [3.63, 3.8) is 0 Å². The molecule has 0 saturated heterocycles. The van der Waals surface area contributed by atoms with Crippen LogP contribution in [-0.2, 0) is 0 Å². The Kier molecular flexibility index (Phi) is 3.72. The van der Waals surface area contributed by atoms with Crippen LogP contribution in [0.5, 0.6) is 0 Å². The summed E-state index contributed by atoms with van der Waals surface area (Å²) in [6, 6.07) is 13.7. The average molecular weight is 350 g/mol. The molecule has 6 heteroatoms. The second kappa shape index (κ2) is 5.81. The fraction of sp³-hybridized carbons (Fsp3) is 0.263. The highest BCUT2D eigenvalue weighted by Gasteiger charge is 2.41. The molecule has 0 amide bonds. The lowest BCUT2D eigenvalue weighted by Gasteiger charge is -2.27. The summed E-state index contributed by atoms with van der Waals surface area (Å²) >= 11 is 1.54. The Labute approximate surface area is 150 Å². The summed E-state index contributed by atoms with van der Waals surface area (Å²) in [6.45, 7) is 5.89. The van der Waals surface area contributed by atoms with E-state index in [9.17, 15) is 4.79 Å². The summed E-state index contributed by atoms with van der Waals surface area (Å²) in [5.74, 6) is 0.451. The molecule has 0 saturated carbocycles. The number of carbonyl (C=O) groups is 1. The van der Waals surface area contributed by atoms with E-state index in [4.69, 9.17) is 0 Å². The van der Waals surface area contributed by atoms with Crippen LogP contribution in [0.25, 0.3) is 11.0 Å². The predicted octanol–water partition coefficient (Wildman–Crippen LogP) is 4.94. The summed E-state index contributed by atoms with van der Waals surface area (Å²) in [7, 11) is 0. The molecule has 0 bridgehead atoms. The molecule has 1 aliphatic rings. The Hall–Kier alpha value is -2.47. The highest BCUT2D eigenvalue weighted by Crippen LogP contribution is 2.36. The van der Waals surface area contributed by atoms with Crippen molar-refractivity contribution in [1.29, 1.82) is 0 Å². The first-order chi connectivity index (χ1) is 12.0. The van der Waals surface area contributed by atoms with E-state index in [0.29, 0.717) is 5.75 Å². The van der Waals surface area contributed by atoms with Gasteiger partial charge in [0.05, 0.1) is 16.7 Å². The number of fused-ring (bicyclic) bond motifs is 3. The molecule has 1 unspecified atom stereocenters. The van der Waals surface area contributed by atoms with Gasteiger partial charge < -0.3 is 0 Å². The molecule has 4 rings (SSSR count). The van der Waals surface area contributed by atoms with Gasteiger partial charge in [0.25, 0.3) is 5.91 Å². The normalized spacial score (nSPS) is 20.4. The maximum absolute atomic E-state index is 13.1. The van der Waals surface area contributed by atoms with Crippen LogP contribution in [0.1, 0.15) is 22.8 Å². The van der Waals surface area contributed by atoms with Gasteiger partial charge in [0.15, 0.2) is 10.7 Å². The first kappa shape index (κ1) is 16.0. The van der Waals surface area contributed by atoms with E-state index < -0.39 is 5.54 Å². The third-order valence-electron chi connectivity index (χ3n) is 4.27. The molecule has 2 aromatic carbocycles. The van der Waals surface area contributed by atoms with Crippen LogP contribution in [-0.4, -0.2) is 26.8 Å². The second-order valence-corrected chi connectivity index (χ2v) is 7.57. The van der Waals surface area contributed by atoms with Gasteiger partial charge in [-0.1, -0.05) is 30.0 Å². The van der Waals surface area contributed by atoms with Crippen LogP contribution >= 0.6 is 11.8 Å². The van der Waals surface area contributed by atoms with Gasteiger partial charge in [-0.25, -0.2) is 4.98 Å². The largest absolute Gasteiger partial charge is 0.271 e. The minimum atomic E-state index is -0.904. The summed E-state index contributed by atoms with van der Waals surface area (Å²) in [5, 5.41) is 9.54. The van der Waals surface area contributed by atoms with Crippen molar-refractivity contribution in [2.24, 2.45) is 10.2 Å². The number of nitrogens with zero attached hydrogens (tertiary/aromatic N) is 4. The van der Waals surface area contributed by atoms with Gasteiger partial charge in [-0.3, -0.25) is 9.36 Å². The van der Waals surface area contributed by atoms with E-state index in [0.717, 1.165) is 33.0 Å². The number of rotatable bonds is 2. The van der Waals surface area contributed by atoms with Crippen molar-refractivity contribution in [1.82, 2.24) is 9.55 Å². The summed E-state index contributed by atoms with van der Waals surface area (Å²) in [6.07, 6.45) is 0. The zero-order valence-corrected chi connectivity index (χ0v) is 15.2. The number of aromatic nitrogens is 2. The average Bonchev–Trinajstić information content (AvgIpc) is 2.95. The SMILES string of the molecule is Cc1cc(C)cc(N=NC2(C)CSc3nc4ccccc4n3C2=O)c1. The van der Waals surface area contributed by atoms with E-state index in [2.05, 4.69) is 21.3 Å². The van der Waals surface area contributed by atoms with Gasteiger partial charge in [0.1, 0.15) is 0 Å². The van der Waals surface area contributed by atoms with E-state index in [1.54, 1.807) is 16.3 Å². The monoisotopic (exact) mass is 350 g/mol. The number of aryl methyl sites for hydroxylation is 2. The maximum Gasteiger partial charge on any atom is 0.263 e. The minimum absolute atomic E-state index is 0.0805. The molecule has 0 fully saturated rings. The number of imidazole rings is 1. The molecule has 0 aliphatic carbocycles. The van der Waals surface area contributed by atoms with Crippen LogP contribution in [0.15, 0.2) is 57.8 Å². The Bertz CT molecular complexity index is 1000. The predicted molar refractivity (Wildman–Crippen MR) is 99.9 cm³/mol. The number of hydrogen-bond donors (Lipinski definition) is 0. The van der Waals surface area contributed by atoms with Gasteiger partial charge in [-0.05, 0) is 56.2 Å². The van der Waals surface area contributed by atoms with E-state index in [-0.39, 0.29) is 5.91 Å². The number of para-hydroxylation sites is 2. The van der Waals surface area contributed by atoms with Crippen molar-refractivity contribution in [2.75, 3.05) is 5.75 Å². The number of benzene rings is 2. The lowest BCUT2D eigenvalue weighted by atomic mass is 10.1. The van der Waals surface area contributed by atoms with E-state index in [1.807, 2.05) is 57.2 Å². The van der Waals surface area contributed by atoms with Crippen molar-refractivity contribution in [2.45, 2.75) is 31.5 Å². The zero-order chi connectivity index (χ0) is 17.6. The Morgan fingerprint density at radius 2 is 1.88 bits per heavy atom. The lowest BCUT2D eigenvalue weighted by molar-refractivity contribution is 0.0816. The highest BCUT2D eigenvalue weighted by atomic mass is 32.2. The van der Waals surface area contributed by atoms with E-state index >= 15 is 0 Å². The van der Waals surface area contributed by atoms with E-state index in [1.165, 1.54) is 0 Å². The molecule has 2 heterocycles. The van der Waals surface area contributed by atoms with Crippen LogP contribution in [0.3, 0.4) is 0 Å². The zero-order valence-electron chi connectivity index (χ0n) is 14.4. The molecule has 3 aromatic rings. The molecule has 1 atom stereocenters. The Balaban J connectivity index is 1.73. The molecule has 0 radical (unpaired) electrons. The Morgan fingerprint density at radius 3 is 2.64 bits per heavy atom. The first-order valence-electron chi connectivity index (χ1n) is 8.13.